The van der Waals surface area contributed by atoms with E-state index in [4.69, 9.17) is 9.47 Å². The third-order valence-corrected chi connectivity index (χ3v) is 3.56. The summed E-state index contributed by atoms with van der Waals surface area (Å²) in [4.78, 5) is 12.2. The van der Waals surface area contributed by atoms with Gasteiger partial charge >= 0.3 is 0 Å². The Balaban J connectivity index is 1.65. The molecule has 1 aromatic carbocycles. The van der Waals surface area contributed by atoms with E-state index < -0.39 is 0 Å². The largest absolute Gasteiger partial charge is 0.490 e. The van der Waals surface area contributed by atoms with Crippen molar-refractivity contribution in [2.75, 3.05) is 13.2 Å². The first kappa shape index (κ1) is 11.7. The van der Waals surface area contributed by atoms with Crippen LogP contribution in [0.4, 0.5) is 0 Å². The monoisotopic (exact) mass is 246 g/mol. The fourth-order valence-electron chi connectivity index (χ4n) is 2.27. The van der Waals surface area contributed by atoms with Gasteiger partial charge in [0, 0.05) is 24.7 Å². The molecule has 1 heterocycles. The van der Waals surface area contributed by atoms with E-state index in [1.165, 1.54) is 0 Å². The van der Waals surface area contributed by atoms with Crippen LogP contribution in [0.25, 0.3) is 0 Å². The Bertz CT molecular complexity index is 414. The van der Waals surface area contributed by atoms with Crippen LogP contribution in [0.5, 0.6) is 5.75 Å². The Morgan fingerprint density at radius 2 is 1.72 bits per heavy atom. The number of Topliss-reactive ketones (excluding diaryl/α,β-unsaturated/α-hetero) is 1. The van der Waals surface area contributed by atoms with Gasteiger partial charge in [-0.25, -0.2) is 0 Å². The maximum absolute atomic E-state index is 12.2. The second kappa shape index (κ2) is 5.11. The molecule has 0 N–H and O–H groups in total. The highest BCUT2D eigenvalue weighted by molar-refractivity contribution is 5.98. The highest BCUT2D eigenvalue weighted by Gasteiger charge is 2.24. The molecule has 96 valence electrons. The van der Waals surface area contributed by atoms with Gasteiger partial charge in [-0.1, -0.05) is 0 Å². The van der Waals surface area contributed by atoms with Crippen molar-refractivity contribution in [1.82, 2.24) is 0 Å². The molecule has 2 aliphatic rings. The molecule has 3 nitrogen and oxygen atoms in total. The highest BCUT2D eigenvalue weighted by atomic mass is 16.5. The molecule has 3 rings (SSSR count). The maximum Gasteiger partial charge on any atom is 0.166 e. The number of ketones is 1. The van der Waals surface area contributed by atoms with Gasteiger partial charge in [0.2, 0.25) is 0 Å². The van der Waals surface area contributed by atoms with Gasteiger partial charge < -0.3 is 9.47 Å². The molecular weight excluding hydrogens is 228 g/mol. The Kier molecular flexibility index (Phi) is 3.33. The topological polar surface area (TPSA) is 35.5 Å². The first-order chi connectivity index (χ1) is 8.83. The van der Waals surface area contributed by atoms with Crippen molar-refractivity contribution < 1.29 is 14.3 Å². The Morgan fingerprint density at radius 1 is 1.06 bits per heavy atom. The van der Waals surface area contributed by atoms with Crippen LogP contribution in [0.2, 0.25) is 0 Å². The van der Waals surface area contributed by atoms with Crippen molar-refractivity contribution in [3.8, 4) is 5.75 Å². The summed E-state index contributed by atoms with van der Waals surface area (Å²) >= 11 is 0. The summed E-state index contributed by atoms with van der Waals surface area (Å²) in [7, 11) is 0. The minimum absolute atomic E-state index is 0.133. The third kappa shape index (κ3) is 2.72. The zero-order chi connectivity index (χ0) is 12.4. The minimum atomic E-state index is 0.133. The first-order valence-electron chi connectivity index (χ1n) is 6.71. The van der Waals surface area contributed by atoms with Crippen LogP contribution in [-0.2, 0) is 4.74 Å². The quantitative estimate of drug-likeness (QED) is 0.766. The van der Waals surface area contributed by atoms with E-state index in [9.17, 15) is 4.79 Å². The lowest BCUT2D eigenvalue weighted by Gasteiger charge is -2.20. The van der Waals surface area contributed by atoms with Crippen molar-refractivity contribution in [1.29, 1.82) is 0 Å². The highest BCUT2D eigenvalue weighted by Crippen LogP contribution is 2.27. The molecule has 0 amide bonds. The van der Waals surface area contributed by atoms with Gasteiger partial charge in [-0.2, -0.15) is 0 Å². The van der Waals surface area contributed by atoms with E-state index in [2.05, 4.69) is 0 Å². The van der Waals surface area contributed by atoms with Crippen LogP contribution in [-0.4, -0.2) is 25.1 Å². The fraction of sp³-hybridized carbons (Fsp3) is 0.533. The van der Waals surface area contributed by atoms with Crippen molar-refractivity contribution >= 4 is 5.78 Å². The van der Waals surface area contributed by atoms with Gasteiger partial charge in [0.1, 0.15) is 5.75 Å². The average Bonchev–Trinajstić information content (AvgIpc) is 3.24. The number of ether oxygens (including phenoxy) is 2. The second-order valence-corrected chi connectivity index (χ2v) is 5.09. The lowest BCUT2D eigenvalue weighted by atomic mass is 9.91. The second-order valence-electron chi connectivity index (χ2n) is 5.09. The maximum atomic E-state index is 12.2. The molecule has 0 radical (unpaired) electrons. The van der Waals surface area contributed by atoms with Gasteiger partial charge in [-0.3, -0.25) is 4.79 Å². The molecule has 0 unspecified atom stereocenters. The van der Waals surface area contributed by atoms with E-state index in [0.717, 1.165) is 37.0 Å². The standard InChI is InChI=1S/C15H18O3/c16-15(12-7-9-17-10-8-12)11-1-3-13(4-2-11)18-14-5-6-14/h1-4,12,14H,5-10H2. The Morgan fingerprint density at radius 3 is 2.33 bits per heavy atom. The van der Waals surface area contributed by atoms with E-state index in [1.54, 1.807) is 0 Å². The number of hydrogen-bond acceptors (Lipinski definition) is 3. The van der Waals surface area contributed by atoms with Crippen molar-refractivity contribution in [3.63, 3.8) is 0 Å². The first-order valence-corrected chi connectivity index (χ1v) is 6.71. The van der Waals surface area contributed by atoms with Crippen molar-refractivity contribution in [3.05, 3.63) is 29.8 Å². The van der Waals surface area contributed by atoms with Crippen LogP contribution in [0.15, 0.2) is 24.3 Å². The fourth-order valence-corrected chi connectivity index (χ4v) is 2.27. The van der Waals surface area contributed by atoms with E-state index >= 15 is 0 Å². The van der Waals surface area contributed by atoms with Gasteiger partial charge in [0.05, 0.1) is 6.10 Å². The summed E-state index contributed by atoms with van der Waals surface area (Å²) in [6.45, 7) is 1.42. The van der Waals surface area contributed by atoms with Crippen molar-refractivity contribution in [2.45, 2.75) is 31.8 Å². The number of hydrogen-bond donors (Lipinski definition) is 0. The molecular formula is C15H18O3. The van der Waals surface area contributed by atoms with Crippen LogP contribution in [0.3, 0.4) is 0 Å². The predicted octanol–water partition coefficient (Wildman–Crippen LogP) is 2.84. The summed E-state index contributed by atoms with van der Waals surface area (Å²) in [5.74, 6) is 1.26. The minimum Gasteiger partial charge on any atom is -0.490 e. The number of benzene rings is 1. The van der Waals surface area contributed by atoms with Crippen LogP contribution < -0.4 is 4.74 Å². The number of carbonyl (C=O) groups excluding carboxylic acids is 1. The molecule has 0 aromatic heterocycles. The molecule has 2 fully saturated rings. The normalized spacial score (nSPS) is 20.7. The molecule has 1 aliphatic carbocycles. The zero-order valence-corrected chi connectivity index (χ0v) is 10.4. The smallest absolute Gasteiger partial charge is 0.166 e. The van der Waals surface area contributed by atoms with E-state index in [1.807, 2.05) is 24.3 Å². The number of carbonyl (C=O) groups is 1. The van der Waals surface area contributed by atoms with Gasteiger partial charge in [-0.15, -0.1) is 0 Å². The molecule has 1 saturated heterocycles. The molecule has 0 bridgehead atoms. The predicted molar refractivity (Wildman–Crippen MR) is 68.0 cm³/mol. The summed E-state index contributed by atoms with van der Waals surface area (Å²) in [5, 5.41) is 0. The summed E-state index contributed by atoms with van der Waals surface area (Å²) in [6, 6.07) is 7.58. The average molecular weight is 246 g/mol. The Hall–Kier alpha value is -1.35. The van der Waals surface area contributed by atoms with Crippen LogP contribution in [0, 0.1) is 5.92 Å². The summed E-state index contributed by atoms with van der Waals surface area (Å²) < 4.78 is 11.0. The molecule has 1 saturated carbocycles. The van der Waals surface area contributed by atoms with Crippen LogP contribution in [0.1, 0.15) is 36.0 Å². The van der Waals surface area contributed by atoms with E-state index in [0.29, 0.717) is 19.3 Å². The third-order valence-electron chi connectivity index (χ3n) is 3.56. The molecule has 18 heavy (non-hydrogen) atoms. The van der Waals surface area contributed by atoms with Gasteiger partial charge in [-0.05, 0) is 49.9 Å². The number of rotatable bonds is 4. The van der Waals surface area contributed by atoms with Crippen LogP contribution >= 0.6 is 0 Å². The van der Waals surface area contributed by atoms with Gasteiger partial charge in [0.15, 0.2) is 5.78 Å². The van der Waals surface area contributed by atoms with E-state index in [-0.39, 0.29) is 11.7 Å². The lowest BCUT2D eigenvalue weighted by Crippen LogP contribution is -2.23. The Labute approximate surface area is 107 Å². The van der Waals surface area contributed by atoms with Gasteiger partial charge in [0.25, 0.3) is 0 Å². The SMILES string of the molecule is O=C(c1ccc(OC2CC2)cc1)C1CCOCC1. The lowest BCUT2D eigenvalue weighted by molar-refractivity contribution is 0.0545. The molecule has 3 heteroatoms. The van der Waals surface area contributed by atoms with Crippen molar-refractivity contribution in [2.24, 2.45) is 5.92 Å². The molecule has 0 atom stereocenters. The summed E-state index contributed by atoms with van der Waals surface area (Å²) in [5.41, 5.74) is 0.796. The summed E-state index contributed by atoms with van der Waals surface area (Å²) in [6.07, 6.45) is 4.41. The zero-order valence-electron chi connectivity index (χ0n) is 10.4. The molecule has 1 aromatic rings. The molecule has 1 aliphatic heterocycles. The molecule has 0 spiro atoms.